The van der Waals surface area contributed by atoms with Crippen molar-refractivity contribution >= 4 is 23.2 Å². The van der Waals surface area contributed by atoms with E-state index in [1.807, 2.05) is 0 Å². The van der Waals surface area contributed by atoms with Crippen LogP contribution in [0.2, 0.25) is 0 Å². The van der Waals surface area contributed by atoms with Gasteiger partial charge in [0.2, 0.25) is 11.8 Å². The molecule has 0 aliphatic carbocycles. The summed E-state index contributed by atoms with van der Waals surface area (Å²) in [6, 6.07) is 4.66. The molecule has 1 rings (SSSR count). The molecule has 1 aromatic rings. The number of halogens is 3. The van der Waals surface area contributed by atoms with Crippen LogP contribution in [0.5, 0.6) is 5.75 Å². The van der Waals surface area contributed by atoms with Gasteiger partial charge in [-0.25, -0.2) is 0 Å². The maximum atomic E-state index is 12.0. The molecule has 122 valence electrons. The van der Waals surface area contributed by atoms with E-state index in [0.717, 1.165) is 0 Å². The second kappa shape index (κ2) is 7.53. The van der Waals surface area contributed by atoms with Crippen LogP contribution in [0.1, 0.15) is 6.92 Å². The number of alkyl halides is 3. The molecule has 0 aliphatic rings. The normalized spacial score (nSPS) is 10.8. The van der Waals surface area contributed by atoms with Gasteiger partial charge in [-0.2, -0.15) is 13.2 Å². The largest absolute Gasteiger partial charge is 0.495 e. The highest BCUT2D eigenvalue weighted by atomic mass is 19.4. The Morgan fingerprint density at radius 2 is 1.95 bits per heavy atom. The van der Waals surface area contributed by atoms with Crippen LogP contribution in [0.15, 0.2) is 18.2 Å². The second-order valence-corrected chi connectivity index (χ2v) is 4.34. The monoisotopic (exact) mass is 319 g/mol. The molecule has 22 heavy (non-hydrogen) atoms. The third-order valence-corrected chi connectivity index (χ3v) is 2.45. The van der Waals surface area contributed by atoms with Gasteiger partial charge in [0.05, 0.1) is 19.3 Å². The molecule has 0 heterocycles. The minimum Gasteiger partial charge on any atom is -0.495 e. The van der Waals surface area contributed by atoms with Crippen molar-refractivity contribution in [3.05, 3.63) is 18.2 Å². The number of nitrogens with one attached hydrogen (secondary N) is 3. The Labute approximate surface area is 125 Å². The fraction of sp³-hybridized carbons (Fsp3) is 0.385. The lowest BCUT2D eigenvalue weighted by molar-refractivity contribution is -0.137. The number of benzene rings is 1. The van der Waals surface area contributed by atoms with Gasteiger partial charge >= 0.3 is 6.18 Å². The summed E-state index contributed by atoms with van der Waals surface area (Å²) < 4.78 is 41.0. The molecular formula is C13H16F3N3O3. The maximum Gasteiger partial charge on any atom is 0.405 e. The highest BCUT2D eigenvalue weighted by Crippen LogP contribution is 2.27. The van der Waals surface area contributed by atoms with Gasteiger partial charge < -0.3 is 20.7 Å². The lowest BCUT2D eigenvalue weighted by atomic mass is 10.2. The molecule has 3 N–H and O–H groups in total. The molecule has 0 unspecified atom stereocenters. The summed E-state index contributed by atoms with van der Waals surface area (Å²) in [6.07, 6.45) is -4.46. The number of hydrogen-bond acceptors (Lipinski definition) is 4. The molecule has 0 aromatic heterocycles. The number of amides is 2. The molecule has 0 saturated heterocycles. The zero-order valence-electron chi connectivity index (χ0n) is 12.0. The Balaban J connectivity index is 2.66. The molecule has 2 amide bonds. The predicted molar refractivity (Wildman–Crippen MR) is 74.9 cm³/mol. The van der Waals surface area contributed by atoms with Crippen molar-refractivity contribution in [2.75, 3.05) is 30.8 Å². The third-order valence-electron chi connectivity index (χ3n) is 2.45. The summed E-state index contributed by atoms with van der Waals surface area (Å²) in [4.78, 5) is 22.3. The van der Waals surface area contributed by atoms with Crippen LogP contribution < -0.4 is 20.7 Å². The Morgan fingerprint density at radius 1 is 1.27 bits per heavy atom. The van der Waals surface area contributed by atoms with Crippen molar-refractivity contribution in [1.29, 1.82) is 0 Å². The molecule has 0 radical (unpaired) electrons. The van der Waals surface area contributed by atoms with Gasteiger partial charge in [0.1, 0.15) is 12.3 Å². The summed E-state index contributed by atoms with van der Waals surface area (Å²) in [7, 11) is 1.41. The number of methoxy groups -OCH3 is 1. The summed E-state index contributed by atoms with van der Waals surface area (Å²) in [5, 5.41) is 6.94. The number of carbonyl (C=O) groups excluding carboxylic acids is 2. The Hall–Kier alpha value is -2.45. The standard InChI is InChI=1S/C13H16F3N3O3/c1-8(20)19-9-3-4-11(22-2)10(5-9)17-6-12(21)18-7-13(14,15)16/h3-5,17H,6-7H2,1-2H3,(H,18,21)(H,19,20). The van der Waals surface area contributed by atoms with Crippen molar-refractivity contribution in [3.8, 4) is 5.75 Å². The first-order valence-corrected chi connectivity index (χ1v) is 6.24. The van der Waals surface area contributed by atoms with Gasteiger partial charge in [0, 0.05) is 12.6 Å². The summed E-state index contributed by atoms with van der Waals surface area (Å²) >= 11 is 0. The minimum absolute atomic E-state index is 0.279. The summed E-state index contributed by atoms with van der Waals surface area (Å²) in [6.45, 7) is -0.422. The minimum atomic E-state index is -4.46. The average molecular weight is 319 g/mol. The molecule has 9 heteroatoms. The van der Waals surface area contributed by atoms with Crippen LogP contribution in [0.25, 0.3) is 0 Å². The van der Waals surface area contributed by atoms with E-state index in [1.54, 1.807) is 17.4 Å². The van der Waals surface area contributed by atoms with Crippen molar-refractivity contribution in [3.63, 3.8) is 0 Å². The van der Waals surface area contributed by atoms with E-state index in [0.29, 0.717) is 17.1 Å². The lowest BCUT2D eigenvalue weighted by Crippen LogP contribution is -2.37. The van der Waals surface area contributed by atoms with Crippen molar-refractivity contribution in [1.82, 2.24) is 5.32 Å². The zero-order valence-corrected chi connectivity index (χ0v) is 12.0. The van der Waals surface area contributed by atoms with Crippen molar-refractivity contribution in [2.45, 2.75) is 13.1 Å². The van der Waals surface area contributed by atoms with Crippen LogP contribution in [0, 0.1) is 0 Å². The molecule has 0 aliphatic heterocycles. The van der Waals surface area contributed by atoms with Crippen LogP contribution in [0.4, 0.5) is 24.5 Å². The first kappa shape index (κ1) is 17.6. The number of ether oxygens (including phenoxy) is 1. The van der Waals surface area contributed by atoms with Crippen LogP contribution >= 0.6 is 0 Å². The van der Waals surface area contributed by atoms with Gasteiger partial charge in [-0.15, -0.1) is 0 Å². The van der Waals surface area contributed by atoms with E-state index in [9.17, 15) is 22.8 Å². The Morgan fingerprint density at radius 3 is 2.50 bits per heavy atom. The number of carbonyl (C=O) groups is 2. The van der Waals surface area contributed by atoms with Gasteiger partial charge in [0.25, 0.3) is 0 Å². The lowest BCUT2D eigenvalue weighted by Gasteiger charge is -2.13. The van der Waals surface area contributed by atoms with Gasteiger partial charge in [-0.3, -0.25) is 9.59 Å². The third kappa shape index (κ3) is 6.33. The SMILES string of the molecule is COc1ccc(NC(C)=O)cc1NCC(=O)NCC(F)(F)F. The molecule has 6 nitrogen and oxygen atoms in total. The Kier molecular flexibility index (Phi) is 6.02. The van der Waals surface area contributed by atoms with E-state index >= 15 is 0 Å². The van der Waals surface area contributed by atoms with Crippen LogP contribution in [-0.2, 0) is 9.59 Å². The Bertz CT molecular complexity index is 547. The fourth-order valence-electron chi connectivity index (χ4n) is 1.56. The molecule has 0 saturated carbocycles. The average Bonchev–Trinajstić information content (AvgIpc) is 2.41. The first-order chi connectivity index (χ1) is 10.2. The molecule has 0 fully saturated rings. The van der Waals surface area contributed by atoms with Gasteiger partial charge in [-0.05, 0) is 18.2 Å². The number of hydrogen-bond donors (Lipinski definition) is 3. The number of anilines is 2. The summed E-state index contributed by atoms with van der Waals surface area (Å²) in [5.41, 5.74) is 0.836. The van der Waals surface area contributed by atoms with Crippen molar-refractivity contribution < 1.29 is 27.5 Å². The van der Waals surface area contributed by atoms with Crippen LogP contribution in [-0.4, -0.2) is 38.2 Å². The van der Waals surface area contributed by atoms with E-state index < -0.39 is 18.6 Å². The van der Waals surface area contributed by atoms with Gasteiger partial charge in [-0.1, -0.05) is 0 Å². The van der Waals surface area contributed by atoms with E-state index in [-0.39, 0.29) is 12.5 Å². The zero-order chi connectivity index (χ0) is 16.8. The molecule has 0 atom stereocenters. The molecule has 0 bridgehead atoms. The van der Waals surface area contributed by atoms with E-state index in [4.69, 9.17) is 4.74 Å². The van der Waals surface area contributed by atoms with Gasteiger partial charge in [0.15, 0.2) is 0 Å². The molecule has 1 aromatic carbocycles. The maximum absolute atomic E-state index is 12.0. The van der Waals surface area contributed by atoms with Crippen LogP contribution in [0.3, 0.4) is 0 Å². The highest BCUT2D eigenvalue weighted by molar-refractivity contribution is 5.90. The first-order valence-electron chi connectivity index (χ1n) is 6.24. The van der Waals surface area contributed by atoms with E-state index in [2.05, 4.69) is 10.6 Å². The summed E-state index contributed by atoms with van der Waals surface area (Å²) in [5.74, 6) is -0.707. The van der Waals surface area contributed by atoms with E-state index in [1.165, 1.54) is 20.1 Å². The fourth-order valence-corrected chi connectivity index (χ4v) is 1.56. The second-order valence-electron chi connectivity index (χ2n) is 4.34. The number of rotatable bonds is 6. The predicted octanol–water partition coefficient (Wildman–Crippen LogP) is 1.74. The smallest absolute Gasteiger partial charge is 0.405 e. The molecule has 0 spiro atoms. The van der Waals surface area contributed by atoms with Crippen molar-refractivity contribution in [2.24, 2.45) is 0 Å². The molecular weight excluding hydrogens is 303 g/mol. The quantitative estimate of drug-likeness (QED) is 0.746. The highest BCUT2D eigenvalue weighted by Gasteiger charge is 2.27. The topological polar surface area (TPSA) is 79.5 Å².